The van der Waals surface area contributed by atoms with Crippen LogP contribution in [0.1, 0.15) is 58.8 Å². The summed E-state index contributed by atoms with van der Waals surface area (Å²) in [4.78, 5) is 2.69. The van der Waals surface area contributed by atoms with Crippen LogP contribution < -0.4 is 5.32 Å². The van der Waals surface area contributed by atoms with Gasteiger partial charge in [-0.15, -0.1) is 0 Å². The summed E-state index contributed by atoms with van der Waals surface area (Å²) in [5.41, 5.74) is 0. The second-order valence-electron chi connectivity index (χ2n) is 7.38. The van der Waals surface area contributed by atoms with Crippen LogP contribution in [-0.2, 0) is 0 Å². The maximum atomic E-state index is 3.59. The maximum absolute atomic E-state index is 3.59. The Bertz CT molecular complexity index is 260. The van der Waals surface area contributed by atoms with Crippen molar-refractivity contribution in [1.82, 2.24) is 10.2 Å². The predicted molar refractivity (Wildman–Crippen MR) is 83.4 cm³/mol. The average Bonchev–Trinajstić information content (AvgIpc) is 2.38. The summed E-state index contributed by atoms with van der Waals surface area (Å²) in [7, 11) is 4.52. The van der Waals surface area contributed by atoms with Crippen molar-refractivity contribution in [2.24, 2.45) is 17.8 Å². The second kappa shape index (κ2) is 7.08. The Labute approximate surface area is 120 Å². The van der Waals surface area contributed by atoms with E-state index in [4.69, 9.17) is 0 Å². The van der Waals surface area contributed by atoms with E-state index in [1.807, 2.05) is 0 Å². The zero-order valence-electron chi connectivity index (χ0n) is 13.5. The van der Waals surface area contributed by atoms with Crippen LogP contribution in [0.4, 0.5) is 0 Å². The molecule has 2 aliphatic carbocycles. The van der Waals surface area contributed by atoms with Crippen molar-refractivity contribution in [3.63, 3.8) is 0 Å². The summed E-state index contributed by atoms with van der Waals surface area (Å²) in [6, 6.07) is 1.43. The molecule has 0 amide bonds. The largest absolute Gasteiger partial charge is 0.315 e. The first-order valence-electron chi connectivity index (χ1n) is 8.49. The topological polar surface area (TPSA) is 15.3 Å². The molecule has 0 bridgehead atoms. The van der Waals surface area contributed by atoms with E-state index in [0.717, 1.165) is 23.8 Å². The summed E-state index contributed by atoms with van der Waals surface area (Å²) in [6.07, 6.45) is 10.1. The lowest BCUT2D eigenvalue weighted by molar-refractivity contribution is 0.0670. The smallest absolute Gasteiger partial charge is 0.0272 e. The molecule has 0 aromatic heterocycles. The SMILES string of the molecule is CNC1CC(C)CC(C)C1N(C)CC1CCCCC1. The van der Waals surface area contributed by atoms with Crippen molar-refractivity contribution < 1.29 is 0 Å². The molecule has 2 saturated carbocycles. The highest BCUT2D eigenvalue weighted by Gasteiger charge is 2.36. The van der Waals surface area contributed by atoms with Gasteiger partial charge in [-0.25, -0.2) is 0 Å². The lowest BCUT2D eigenvalue weighted by Gasteiger charge is -2.45. The van der Waals surface area contributed by atoms with Crippen LogP contribution in [0.25, 0.3) is 0 Å². The molecule has 0 aromatic carbocycles. The summed E-state index contributed by atoms with van der Waals surface area (Å²) in [5.74, 6) is 2.67. The number of nitrogens with zero attached hydrogens (tertiary/aromatic N) is 1. The van der Waals surface area contributed by atoms with Crippen LogP contribution >= 0.6 is 0 Å². The van der Waals surface area contributed by atoms with Crippen molar-refractivity contribution in [3.05, 3.63) is 0 Å². The Morgan fingerprint density at radius 3 is 2.37 bits per heavy atom. The van der Waals surface area contributed by atoms with E-state index in [0.29, 0.717) is 6.04 Å². The van der Waals surface area contributed by atoms with Crippen LogP contribution in [0.3, 0.4) is 0 Å². The van der Waals surface area contributed by atoms with E-state index in [2.05, 4.69) is 38.2 Å². The summed E-state index contributed by atoms with van der Waals surface area (Å²) in [6.45, 7) is 6.20. The molecule has 0 aromatic rings. The van der Waals surface area contributed by atoms with Gasteiger partial charge in [0.05, 0.1) is 0 Å². The molecule has 0 heterocycles. The third kappa shape index (κ3) is 3.95. The fourth-order valence-electron chi connectivity index (χ4n) is 4.77. The van der Waals surface area contributed by atoms with Gasteiger partial charge in [-0.1, -0.05) is 33.1 Å². The molecular formula is C17H34N2. The van der Waals surface area contributed by atoms with Gasteiger partial charge >= 0.3 is 0 Å². The lowest BCUT2D eigenvalue weighted by Crippen LogP contribution is -2.55. The van der Waals surface area contributed by atoms with E-state index in [1.54, 1.807) is 0 Å². The molecule has 1 N–H and O–H groups in total. The Balaban J connectivity index is 1.92. The number of nitrogens with one attached hydrogen (secondary N) is 1. The van der Waals surface area contributed by atoms with Crippen molar-refractivity contribution in [2.45, 2.75) is 70.9 Å². The highest BCUT2D eigenvalue weighted by atomic mass is 15.2. The lowest BCUT2D eigenvalue weighted by atomic mass is 9.75. The van der Waals surface area contributed by atoms with Gasteiger partial charge in [0.15, 0.2) is 0 Å². The van der Waals surface area contributed by atoms with E-state index < -0.39 is 0 Å². The molecule has 0 saturated heterocycles. The van der Waals surface area contributed by atoms with Gasteiger partial charge in [0.2, 0.25) is 0 Å². The van der Waals surface area contributed by atoms with Gasteiger partial charge in [-0.3, -0.25) is 0 Å². The maximum Gasteiger partial charge on any atom is 0.0272 e. The molecule has 4 atom stereocenters. The third-order valence-corrected chi connectivity index (χ3v) is 5.58. The summed E-state index contributed by atoms with van der Waals surface area (Å²) in [5, 5.41) is 3.59. The number of hydrogen-bond acceptors (Lipinski definition) is 2. The first-order chi connectivity index (χ1) is 9.11. The van der Waals surface area contributed by atoms with Crippen molar-refractivity contribution in [3.8, 4) is 0 Å². The Morgan fingerprint density at radius 2 is 1.74 bits per heavy atom. The minimum Gasteiger partial charge on any atom is -0.315 e. The highest BCUT2D eigenvalue weighted by Crippen LogP contribution is 2.33. The van der Waals surface area contributed by atoms with E-state index in [-0.39, 0.29) is 0 Å². The molecule has 2 heteroatoms. The molecule has 19 heavy (non-hydrogen) atoms. The normalized spacial score (nSPS) is 37.7. The zero-order chi connectivity index (χ0) is 13.8. The molecule has 112 valence electrons. The minimum absolute atomic E-state index is 0.687. The molecule has 2 rings (SSSR count). The van der Waals surface area contributed by atoms with Crippen LogP contribution in [0, 0.1) is 17.8 Å². The van der Waals surface area contributed by atoms with Gasteiger partial charge in [0.25, 0.3) is 0 Å². The van der Waals surface area contributed by atoms with Gasteiger partial charge in [0, 0.05) is 18.6 Å². The summed E-state index contributed by atoms with van der Waals surface area (Å²) >= 11 is 0. The monoisotopic (exact) mass is 266 g/mol. The van der Waals surface area contributed by atoms with Crippen molar-refractivity contribution in [1.29, 1.82) is 0 Å². The predicted octanol–water partition coefficient (Wildman–Crippen LogP) is 3.52. The van der Waals surface area contributed by atoms with E-state index in [1.165, 1.54) is 51.5 Å². The third-order valence-electron chi connectivity index (χ3n) is 5.58. The van der Waals surface area contributed by atoms with Gasteiger partial charge in [0.1, 0.15) is 0 Å². The zero-order valence-corrected chi connectivity index (χ0v) is 13.5. The fourth-order valence-corrected chi connectivity index (χ4v) is 4.77. The molecule has 0 aliphatic heterocycles. The van der Waals surface area contributed by atoms with Crippen LogP contribution in [0.2, 0.25) is 0 Å². The fraction of sp³-hybridized carbons (Fsp3) is 1.00. The molecule has 2 aliphatic rings. The van der Waals surface area contributed by atoms with Crippen LogP contribution in [0.15, 0.2) is 0 Å². The highest BCUT2D eigenvalue weighted by molar-refractivity contribution is 4.93. The Hall–Kier alpha value is -0.0800. The van der Waals surface area contributed by atoms with Crippen LogP contribution in [0.5, 0.6) is 0 Å². The molecule has 4 unspecified atom stereocenters. The Morgan fingerprint density at radius 1 is 1.05 bits per heavy atom. The number of rotatable bonds is 4. The molecule has 2 nitrogen and oxygen atoms in total. The van der Waals surface area contributed by atoms with Crippen LogP contribution in [-0.4, -0.2) is 37.6 Å². The average molecular weight is 266 g/mol. The first-order valence-corrected chi connectivity index (χ1v) is 8.49. The standard InChI is InChI=1S/C17H34N2/c1-13-10-14(2)17(16(11-13)18-3)19(4)12-15-8-6-5-7-9-15/h13-18H,5-12H2,1-4H3. The minimum atomic E-state index is 0.687. The van der Waals surface area contributed by atoms with Gasteiger partial charge in [-0.2, -0.15) is 0 Å². The quantitative estimate of drug-likeness (QED) is 0.837. The molecule has 0 radical (unpaired) electrons. The number of likely N-dealkylation sites (N-methyl/N-ethyl adjacent to an activating group) is 2. The number of hydrogen-bond donors (Lipinski definition) is 1. The van der Waals surface area contributed by atoms with Crippen molar-refractivity contribution >= 4 is 0 Å². The van der Waals surface area contributed by atoms with Gasteiger partial charge < -0.3 is 10.2 Å². The van der Waals surface area contributed by atoms with Crippen molar-refractivity contribution in [2.75, 3.05) is 20.6 Å². The first kappa shape index (κ1) is 15.3. The van der Waals surface area contributed by atoms with Gasteiger partial charge in [-0.05, 0) is 57.5 Å². The molecular weight excluding hydrogens is 232 g/mol. The molecule has 2 fully saturated rings. The second-order valence-corrected chi connectivity index (χ2v) is 7.38. The van der Waals surface area contributed by atoms with E-state index in [9.17, 15) is 0 Å². The van der Waals surface area contributed by atoms with E-state index >= 15 is 0 Å². The Kier molecular flexibility index (Phi) is 5.70. The summed E-state index contributed by atoms with van der Waals surface area (Å²) < 4.78 is 0. The molecule has 0 spiro atoms.